The van der Waals surface area contributed by atoms with Gasteiger partial charge in [0.2, 0.25) is 0 Å². The third-order valence-corrected chi connectivity index (χ3v) is 1.96. The second-order valence-electron chi connectivity index (χ2n) is 3.74. The number of hydrogen-bond donors (Lipinski definition) is 1. The normalized spacial score (nSPS) is 10.2. The number of esters is 1. The maximum Gasteiger partial charge on any atom is 0.325 e. The van der Waals surface area contributed by atoms with Crippen molar-refractivity contribution in [1.82, 2.24) is 0 Å². The Bertz CT molecular complexity index is 393. The SMILES string of the molecule is COc1ccc(NCC(=O)OC(C)C)cc1F. The summed E-state index contributed by atoms with van der Waals surface area (Å²) in [7, 11) is 1.39. The number of anilines is 1. The molecule has 0 aromatic heterocycles. The molecule has 0 saturated heterocycles. The van der Waals surface area contributed by atoms with E-state index in [9.17, 15) is 9.18 Å². The van der Waals surface area contributed by atoms with E-state index in [1.807, 2.05) is 0 Å². The summed E-state index contributed by atoms with van der Waals surface area (Å²) in [6.07, 6.45) is -0.156. The zero-order chi connectivity index (χ0) is 12.8. The predicted octanol–water partition coefficient (Wildman–Crippen LogP) is 2.20. The van der Waals surface area contributed by atoms with Crippen molar-refractivity contribution in [1.29, 1.82) is 0 Å². The molecule has 0 atom stereocenters. The summed E-state index contributed by atoms with van der Waals surface area (Å²) in [6, 6.07) is 4.39. The molecule has 0 radical (unpaired) electrons. The average molecular weight is 241 g/mol. The monoisotopic (exact) mass is 241 g/mol. The van der Waals surface area contributed by atoms with Crippen LogP contribution in [0.4, 0.5) is 10.1 Å². The average Bonchev–Trinajstić information content (AvgIpc) is 2.25. The summed E-state index contributed by atoms with van der Waals surface area (Å²) >= 11 is 0. The van der Waals surface area contributed by atoms with Gasteiger partial charge in [-0.05, 0) is 26.0 Å². The van der Waals surface area contributed by atoms with E-state index in [0.717, 1.165) is 0 Å². The molecule has 0 unspecified atom stereocenters. The van der Waals surface area contributed by atoms with Gasteiger partial charge in [-0.2, -0.15) is 0 Å². The van der Waals surface area contributed by atoms with E-state index in [0.29, 0.717) is 5.69 Å². The molecule has 1 aromatic carbocycles. The van der Waals surface area contributed by atoms with Crippen molar-refractivity contribution >= 4 is 11.7 Å². The number of carbonyl (C=O) groups is 1. The highest BCUT2D eigenvalue weighted by Gasteiger charge is 2.07. The third kappa shape index (κ3) is 4.30. The summed E-state index contributed by atoms with van der Waals surface area (Å²) in [6.45, 7) is 3.54. The van der Waals surface area contributed by atoms with Crippen molar-refractivity contribution in [3.8, 4) is 5.75 Å². The molecule has 0 aliphatic heterocycles. The van der Waals surface area contributed by atoms with E-state index in [2.05, 4.69) is 5.32 Å². The molecule has 0 saturated carbocycles. The quantitative estimate of drug-likeness (QED) is 0.803. The Labute approximate surface area is 99.7 Å². The molecule has 4 nitrogen and oxygen atoms in total. The lowest BCUT2D eigenvalue weighted by Crippen LogP contribution is -2.20. The minimum absolute atomic E-state index is 0.00392. The molecule has 94 valence electrons. The fraction of sp³-hybridized carbons (Fsp3) is 0.417. The van der Waals surface area contributed by atoms with E-state index in [1.54, 1.807) is 19.9 Å². The predicted molar refractivity (Wildman–Crippen MR) is 62.7 cm³/mol. The topological polar surface area (TPSA) is 47.6 Å². The maximum absolute atomic E-state index is 13.3. The first-order chi connectivity index (χ1) is 8.02. The van der Waals surface area contributed by atoms with Crippen LogP contribution in [0.2, 0.25) is 0 Å². The van der Waals surface area contributed by atoms with Crippen LogP contribution in [0.15, 0.2) is 18.2 Å². The van der Waals surface area contributed by atoms with Crippen LogP contribution in [-0.2, 0) is 9.53 Å². The minimum Gasteiger partial charge on any atom is -0.494 e. The molecule has 1 rings (SSSR count). The van der Waals surface area contributed by atoms with E-state index in [4.69, 9.17) is 9.47 Å². The van der Waals surface area contributed by atoms with Crippen molar-refractivity contribution in [2.75, 3.05) is 19.0 Å². The van der Waals surface area contributed by atoms with Gasteiger partial charge < -0.3 is 14.8 Å². The smallest absolute Gasteiger partial charge is 0.325 e. The number of halogens is 1. The molecule has 0 amide bonds. The van der Waals surface area contributed by atoms with Gasteiger partial charge in [0.15, 0.2) is 11.6 Å². The van der Waals surface area contributed by atoms with Crippen LogP contribution in [0.3, 0.4) is 0 Å². The van der Waals surface area contributed by atoms with E-state index < -0.39 is 5.82 Å². The molecule has 5 heteroatoms. The number of hydrogen-bond acceptors (Lipinski definition) is 4. The second-order valence-corrected chi connectivity index (χ2v) is 3.74. The Morgan fingerprint density at radius 2 is 2.18 bits per heavy atom. The molecule has 1 aromatic rings. The highest BCUT2D eigenvalue weighted by Crippen LogP contribution is 2.20. The molecule has 0 spiro atoms. The number of rotatable bonds is 5. The zero-order valence-electron chi connectivity index (χ0n) is 10.1. The molecule has 17 heavy (non-hydrogen) atoms. The van der Waals surface area contributed by atoms with Crippen molar-refractivity contribution < 1.29 is 18.7 Å². The van der Waals surface area contributed by atoms with Gasteiger partial charge in [-0.25, -0.2) is 4.39 Å². The van der Waals surface area contributed by atoms with Crippen molar-refractivity contribution in [3.63, 3.8) is 0 Å². The molecule has 0 heterocycles. The van der Waals surface area contributed by atoms with Crippen LogP contribution in [0, 0.1) is 5.82 Å². The summed E-state index contributed by atoms with van der Waals surface area (Å²) in [5, 5.41) is 2.77. The van der Waals surface area contributed by atoms with Crippen LogP contribution >= 0.6 is 0 Å². The molecule has 0 fully saturated rings. The van der Waals surface area contributed by atoms with Crippen molar-refractivity contribution in [3.05, 3.63) is 24.0 Å². The molecule has 1 N–H and O–H groups in total. The number of nitrogens with one attached hydrogen (secondary N) is 1. The lowest BCUT2D eigenvalue weighted by molar-refractivity contribution is -0.145. The Morgan fingerprint density at radius 1 is 1.47 bits per heavy atom. The Kier molecular flexibility index (Phi) is 4.75. The Balaban J connectivity index is 2.52. The summed E-state index contributed by atoms with van der Waals surface area (Å²) in [5.74, 6) is -0.689. The summed E-state index contributed by atoms with van der Waals surface area (Å²) in [5.41, 5.74) is 0.504. The van der Waals surface area contributed by atoms with Crippen LogP contribution in [-0.4, -0.2) is 25.7 Å². The van der Waals surface area contributed by atoms with Crippen LogP contribution in [0.25, 0.3) is 0 Å². The summed E-state index contributed by atoms with van der Waals surface area (Å²) < 4.78 is 23.0. The lowest BCUT2D eigenvalue weighted by Gasteiger charge is -2.10. The van der Waals surface area contributed by atoms with Gasteiger partial charge in [0.25, 0.3) is 0 Å². The van der Waals surface area contributed by atoms with Gasteiger partial charge in [-0.15, -0.1) is 0 Å². The van der Waals surface area contributed by atoms with E-state index in [-0.39, 0.29) is 24.4 Å². The largest absolute Gasteiger partial charge is 0.494 e. The van der Waals surface area contributed by atoms with Gasteiger partial charge in [0.1, 0.15) is 6.54 Å². The number of benzene rings is 1. The van der Waals surface area contributed by atoms with Gasteiger partial charge in [0.05, 0.1) is 13.2 Å². The molecule has 0 aliphatic carbocycles. The second kappa shape index (κ2) is 6.08. The fourth-order valence-corrected chi connectivity index (χ4v) is 1.26. The highest BCUT2D eigenvalue weighted by atomic mass is 19.1. The Morgan fingerprint density at radius 3 is 2.71 bits per heavy atom. The first kappa shape index (κ1) is 13.3. The van der Waals surface area contributed by atoms with Crippen LogP contribution in [0.1, 0.15) is 13.8 Å². The Hall–Kier alpha value is -1.78. The molecular weight excluding hydrogens is 225 g/mol. The van der Waals surface area contributed by atoms with E-state index >= 15 is 0 Å². The molecular formula is C12H16FNO3. The first-order valence-electron chi connectivity index (χ1n) is 5.30. The zero-order valence-corrected chi connectivity index (χ0v) is 10.1. The van der Waals surface area contributed by atoms with Gasteiger partial charge >= 0.3 is 5.97 Å². The van der Waals surface area contributed by atoms with Gasteiger partial charge in [-0.1, -0.05) is 0 Å². The first-order valence-corrected chi connectivity index (χ1v) is 5.30. The van der Waals surface area contributed by atoms with Gasteiger partial charge in [0, 0.05) is 11.8 Å². The molecule has 0 bridgehead atoms. The highest BCUT2D eigenvalue weighted by molar-refractivity contribution is 5.75. The number of methoxy groups -OCH3 is 1. The van der Waals surface area contributed by atoms with Crippen LogP contribution in [0.5, 0.6) is 5.75 Å². The molecule has 0 aliphatic rings. The fourth-order valence-electron chi connectivity index (χ4n) is 1.26. The number of ether oxygens (including phenoxy) is 2. The lowest BCUT2D eigenvalue weighted by atomic mass is 10.3. The summed E-state index contributed by atoms with van der Waals surface area (Å²) in [4.78, 5) is 11.2. The van der Waals surface area contributed by atoms with Gasteiger partial charge in [-0.3, -0.25) is 4.79 Å². The van der Waals surface area contributed by atoms with Crippen molar-refractivity contribution in [2.24, 2.45) is 0 Å². The minimum atomic E-state index is -0.477. The van der Waals surface area contributed by atoms with E-state index in [1.165, 1.54) is 19.2 Å². The standard InChI is InChI=1S/C12H16FNO3/c1-8(2)17-12(15)7-14-9-4-5-11(16-3)10(13)6-9/h4-6,8,14H,7H2,1-3H3. The van der Waals surface area contributed by atoms with Crippen molar-refractivity contribution in [2.45, 2.75) is 20.0 Å². The maximum atomic E-state index is 13.3. The number of carbonyl (C=O) groups excluding carboxylic acids is 1. The van der Waals surface area contributed by atoms with Crippen LogP contribution < -0.4 is 10.1 Å². The third-order valence-electron chi connectivity index (χ3n) is 1.96.